The highest BCUT2D eigenvalue weighted by Crippen LogP contribution is 2.54. The molecule has 0 bridgehead atoms. The zero-order valence-electron chi connectivity index (χ0n) is 27.8. The molecule has 1 saturated heterocycles. The third-order valence-corrected chi connectivity index (χ3v) is 9.78. The molecular formula is C37H49N7OS. The molecule has 1 aromatic carbocycles. The van der Waals surface area contributed by atoms with Crippen molar-refractivity contribution in [3.05, 3.63) is 94.4 Å². The average Bonchev–Trinajstić information content (AvgIpc) is 3.86. The van der Waals surface area contributed by atoms with Crippen LogP contribution >= 0.6 is 11.8 Å². The van der Waals surface area contributed by atoms with Gasteiger partial charge in [0.1, 0.15) is 0 Å². The Hall–Kier alpha value is -3.66. The fourth-order valence-electron chi connectivity index (χ4n) is 6.27. The van der Waals surface area contributed by atoms with Gasteiger partial charge in [-0.1, -0.05) is 42.9 Å². The van der Waals surface area contributed by atoms with Crippen LogP contribution in [0.2, 0.25) is 0 Å². The molecule has 1 saturated carbocycles. The summed E-state index contributed by atoms with van der Waals surface area (Å²) >= 11 is 1.43. The van der Waals surface area contributed by atoms with Crippen LogP contribution in [0.15, 0.2) is 83.1 Å². The SMILES string of the molecule is C=C(/C=C(\C)NC(=O)/C(=C/C)SC)CNc1ccc(C)c(Nc2nccc(C3=CC=C(CNCCN4CCCCC4)C4CC34)n2)c1. The largest absolute Gasteiger partial charge is 0.381 e. The van der Waals surface area contributed by atoms with E-state index in [0.717, 1.165) is 53.5 Å². The van der Waals surface area contributed by atoms with Gasteiger partial charge in [-0.2, -0.15) is 0 Å². The van der Waals surface area contributed by atoms with Gasteiger partial charge >= 0.3 is 0 Å². The fraction of sp³-hybridized carbons (Fsp3) is 0.432. The third kappa shape index (κ3) is 9.21. The van der Waals surface area contributed by atoms with Gasteiger partial charge in [-0.05, 0) is 112 Å². The maximum Gasteiger partial charge on any atom is 0.261 e. The van der Waals surface area contributed by atoms with Gasteiger partial charge in [-0.15, -0.1) is 11.8 Å². The molecule has 2 unspecified atom stereocenters. The van der Waals surface area contributed by atoms with Crippen molar-refractivity contribution < 1.29 is 4.79 Å². The Morgan fingerprint density at radius 2 is 1.98 bits per heavy atom. The molecule has 46 heavy (non-hydrogen) atoms. The number of hydrogen-bond donors (Lipinski definition) is 4. The molecule has 8 nitrogen and oxygen atoms in total. The second-order valence-electron chi connectivity index (χ2n) is 12.5. The Morgan fingerprint density at radius 1 is 1.15 bits per heavy atom. The van der Waals surface area contributed by atoms with Crippen molar-refractivity contribution >= 4 is 40.6 Å². The van der Waals surface area contributed by atoms with Crippen LogP contribution in [0.25, 0.3) is 5.57 Å². The summed E-state index contributed by atoms with van der Waals surface area (Å²) in [7, 11) is 0. The van der Waals surface area contributed by atoms with E-state index in [1.165, 1.54) is 61.7 Å². The Labute approximate surface area is 279 Å². The summed E-state index contributed by atoms with van der Waals surface area (Å²) in [5.41, 5.74) is 8.45. The number of nitrogens with one attached hydrogen (secondary N) is 4. The zero-order valence-corrected chi connectivity index (χ0v) is 28.6. The summed E-state index contributed by atoms with van der Waals surface area (Å²) in [5.74, 6) is 1.67. The summed E-state index contributed by atoms with van der Waals surface area (Å²) in [6, 6.07) is 8.21. The molecule has 3 aliphatic rings. The van der Waals surface area contributed by atoms with Crippen LogP contribution in [0.5, 0.6) is 0 Å². The molecule has 1 aromatic heterocycles. The van der Waals surface area contributed by atoms with Gasteiger partial charge in [0.25, 0.3) is 5.91 Å². The van der Waals surface area contributed by atoms with Crippen molar-refractivity contribution in [2.75, 3.05) is 56.2 Å². The topological polar surface area (TPSA) is 94.2 Å². The number of nitrogens with zero attached hydrogens (tertiary/aromatic N) is 3. The number of hydrogen-bond acceptors (Lipinski definition) is 8. The predicted octanol–water partition coefficient (Wildman–Crippen LogP) is 6.82. The number of carbonyl (C=O) groups is 1. The number of benzene rings is 1. The molecule has 4 N–H and O–H groups in total. The number of allylic oxidation sites excluding steroid dienone is 5. The van der Waals surface area contributed by atoms with Crippen molar-refractivity contribution in [2.24, 2.45) is 11.8 Å². The highest BCUT2D eigenvalue weighted by molar-refractivity contribution is 8.03. The van der Waals surface area contributed by atoms with Crippen LogP contribution in [0.4, 0.5) is 17.3 Å². The van der Waals surface area contributed by atoms with Crippen molar-refractivity contribution in [2.45, 2.75) is 46.5 Å². The maximum absolute atomic E-state index is 12.3. The van der Waals surface area contributed by atoms with Crippen molar-refractivity contribution in [3.8, 4) is 0 Å². The van der Waals surface area contributed by atoms with Gasteiger partial charge in [0.05, 0.1) is 10.6 Å². The molecule has 0 radical (unpaired) electrons. The minimum Gasteiger partial charge on any atom is -0.381 e. The van der Waals surface area contributed by atoms with Crippen LogP contribution in [0, 0.1) is 18.8 Å². The lowest BCUT2D eigenvalue weighted by molar-refractivity contribution is -0.116. The Bertz CT molecular complexity index is 1540. The Balaban J connectivity index is 1.15. The minimum absolute atomic E-state index is 0.103. The lowest BCUT2D eigenvalue weighted by atomic mass is 9.96. The second kappa shape index (κ2) is 16.3. The summed E-state index contributed by atoms with van der Waals surface area (Å²) in [5, 5.41) is 13.5. The van der Waals surface area contributed by atoms with Gasteiger partial charge in [0.2, 0.25) is 5.95 Å². The first-order valence-corrected chi connectivity index (χ1v) is 17.7. The van der Waals surface area contributed by atoms with Crippen LogP contribution in [-0.2, 0) is 4.79 Å². The Morgan fingerprint density at radius 3 is 2.76 bits per heavy atom. The molecule has 2 heterocycles. The van der Waals surface area contributed by atoms with Gasteiger partial charge in [0, 0.05) is 49.4 Å². The molecular weight excluding hydrogens is 591 g/mol. The number of carbonyl (C=O) groups excluding carboxylic acids is 1. The Kier molecular flexibility index (Phi) is 11.9. The predicted molar refractivity (Wildman–Crippen MR) is 194 cm³/mol. The smallest absolute Gasteiger partial charge is 0.261 e. The summed E-state index contributed by atoms with van der Waals surface area (Å²) in [6.07, 6.45) is 17.3. The molecule has 9 heteroatoms. The quantitative estimate of drug-likeness (QED) is 0.0959. The first-order chi connectivity index (χ1) is 22.3. The third-order valence-electron chi connectivity index (χ3n) is 8.92. The molecule has 0 spiro atoms. The number of fused-ring (bicyclic) bond motifs is 1. The second-order valence-corrected chi connectivity index (χ2v) is 13.3. The molecule has 1 aliphatic heterocycles. The fourth-order valence-corrected chi connectivity index (χ4v) is 6.74. The number of aryl methyl sites for hydroxylation is 1. The van der Waals surface area contributed by atoms with Gasteiger partial charge in [0.15, 0.2) is 0 Å². The first kappa shape index (κ1) is 33.7. The number of rotatable bonds is 15. The average molecular weight is 640 g/mol. The maximum atomic E-state index is 12.3. The van der Waals surface area contributed by atoms with E-state index in [9.17, 15) is 4.79 Å². The van der Waals surface area contributed by atoms with E-state index in [0.29, 0.717) is 29.2 Å². The molecule has 2 fully saturated rings. The molecule has 5 rings (SSSR count). The number of likely N-dealkylation sites (tertiary alicyclic amines) is 1. The number of piperidine rings is 1. The molecule has 2 aliphatic carbocycles. The molecule has 2 atom stereocenters. The van der Waals surface area contributed by atoms with Gasteiger partial charge < -0.3 is 26.2 Å². The van der Waals surface area contributed by atoms with E-state index >= 15 is 0 Å². The normalized spacial score (nSPS) is 19.9. The highest BCUT2D eigenvalue weighted by Gasteiger charge is 2.44. The van der Waals surface area contributed by atoms with E-state index in [1.807, 2.05) is 50.6 Å². The summed E-state index contributed by atoms with van der Waals surface area (Å²) < 4.78 is 0. The van der Waals surface area contributed by atoms with Crippen molar-refractivity contribution in [3.63, 3.8) is 0 Å². The number of anilines is 3. The van der Waals surface area contributed by atoms with Crippen molar-refractivity contribution in [1.29, 1.82) is 0 Å². The van der Waals surface area contributed by atoms with Gasteiger partial charge in [-0.3, -0.25) is 4.79 Å². The summed E-state index contributed by atoms with van der Waals surface area (Å²) in [6.45, 7) is 16.2. The van der Waals surface area contributed by atoms with Crippen LogP contribution in [0.1, 0.15) is 50.8 Å². The first-order valence-electron chi connectivity index (χ1n) is 16.5. The standard InChI is InChI=1S/C37H49N7OS/c1-6-35(46-5)36(45)41-27(4)20-25(2)23-40-29-12-10-26(3)34(21-29)43-37-39-15-14-33(42-37)30-13-11-28(31-22-32(30)31)24-38-16-19-44-17-8-7-9-18-44/h6,10-15,20-21,31-32,38,40H,2,7-9,16-19,22-24H2,1,3-5H3,(H,41,45)(H,39,42,43)/b27-20+,35-6-. The number of aromatic nitrogens is 2. The van der Waals surface area contributed by atoms with Crippen molar-refractivity contribution in [1.82, 2.24) is 25.5 Å². The summed E-state index contributed by atoms with van der Waals surface area (Å²) in [4.78, 5) is 25.0. The van der Waals surface area contributed by atoms with Crippen LogP contribution < -0.4 is 21.3 Å². The molecule has 2 aromatic rings. The monoisotopic (exact) mass is 639 g/mol. The van der Waals surface area contributed by atoms with E-state index in [1.54, 1.807) is 0 Å². The molecule has 1 amide bonds. The van der Waals surface area contributed by atoms with E-state index in [2.05, 4.69) is 68.9 Å². The number of amides is 1. The lowest BCUT2D eigenvalue weighted by Gasteiger charge is -2.26. The molecule has 244 valence electrons. The van der Waals surface area contributed by atoms with E-state index in [-0.39, 0.29) is 5.91 Å². The van der Waals surface area contributed by atoms with Crippen LogP contribution in [0.3, 0.4) is 0 Å². The number of thioether (sulfide) groups is 1. The zero-order chi connectivity index (χ0) is 32.5. The van der Waals surface area contributed by atoms with Gasteiger partial charge in [-0.25, -0.2) is 9.97 Å². The van der Waals surface area contributed by atoms with Crippen LogP contribution in [-0.4, -0.2) is 66.3 Å². The highest BCUT2D eigenvalue weighted by atomic mass is 32.2. The van der Waals surface area contributed by atoms with E-state index in [4.69, 9.17) is 4.98 Å². The lowest BCUT2D eigenvalue weighted by Crippen LogP contribution is -2.36. The minimum atomic E-state index is -0.103. The van der Waals surface area contributed by atoms with E-state index < -0.39 is 0 Å².